The summed E-state index contributed by atoms with van der Waals surface area (Å²) in [5.41, 5.74) is 2.27. The van der Waals surface area contributed by atoms with E-state index in [1.807, 2.05) is 29.1 Å². The Morgan fingerprint density at radius 2 is 2.15 bits per heavy atom. The average molecular weight is 352 g/mol. The highest BCUT2D eigenvalue weighted by Crippen LogP contribution is 2.46. The Balaban J connectivity index is 1.28. The van der Waals surface area contributed by atoms with Crippen molar-refractivity contribution >= 4 is 5.91 Å². The van der Waals surface area contributed by atoms with Gasteiger partial charge in [0, 0.05) is 36.5 Å². The van der Waals surface area contributed by atoms with Crippen molar-refractivity contribution in [2.75, 3.05) is 19.6 Å². The summed E-state index contributed by atoms with van der Waals surface area (Å²) in [7, 11) is 0. The van der Waals surface area contributed by atoms with E-state index < -0.39 is 0 Å². The minimum Gasteiger partial charge on any atom is -0.351 e. The molecule has 2 N–H and O–H groups in total. The Bertz CT molecular complexity index is 713. The third-order valence-corrected chi connectivity index (χ3v) is 5.78. The molecule has 26 heavy (non-hydrogen) atoms. The summed E-state index contributed by atoms with van der Waals surface area (Å²) in [6, 6.07) is 10.1. The largest absolute Gasteiger partial charge is 0.351 e. The Hall–Kier alpha value is -2.14. The number of hydrogen-bond donors (Lipinski definition) is 2. The van der Waals surface area contributed by atoms with Gasteiger partial charge in [-0.3, -0.25) is 9.48 Å². The topological polar surface area (TPSA) is 59.0 Å². The maximum Gasteiger partial charge on any atom is 0.251 e. The van der Waals surface area contributed by atoms with Crippen molar-refractivity contribution in [3.8, 4) is 0 Å². The van der Waals surface area contributed by atoms with E-state index in [4.69, 9.17) is 0 Å². The average Bonchev–Trinajstić information content (AvgIpc) is 3.24. The first-order valence-corrected chi connectivity index (χ1v) is 9.78. The summed E-state index contributed by atoms with van der Waals surface area (Å²) < 4.78 is 1.97. The second-order valence-corrected chi connectivity index (χ2v) is 8.00. The third-order valence-electron chi connectivity index (χ3n) is 5.78. The maximum absolute atomic E-state index is 12.5. The van der Waals surface area contributed by atoms with Crippen LogP contribution in [-0.4, -0.2) is 35.3 Å². The second-order valence-electron chi connectivity index (χ2n) is 8.00. The normalized spacial score (nSPS) is 21.3. The fourth-order valence-electron chi connectivity index (χ4n) is 3.90. The second kappa shape index (κ2) is 7.62. The van der Waals surface area contributed by atoms with Crippen LogP contribution in [0.2, 0.25) is 0 Å². The van der Waals surface area contributed by atoms with Crippen LogP contribution in [0.25, 0.3) is 0 Å². The molecular weight excluding hydrogens is 324 g/mol. The van der Waals surface area contributed by atoms with Crippen molar-refractivity contribution in [3.05, 3.63) is 53.9 Å². The number of nitrogens with one attached hydrogen (secondary N) is 2. The highest BCUT2D eigenvalue weighted by Gasteiger charge is 2.43. The molecule has 1 amide bonds. The summed E-state index contributed by atoms with van der Waals surface area (Å²) >= 11 is 0. The number of rotatable bonds is 7. The van der Waals surface area contributed by atoms with Crippen LogP contribution in [0, 0.1) is 11.3 Å². The molecule has 5 heteroatoms. The first-order chi connectivity index (χ1) is 12.7. The molecule has 0 radical (unpaired) electrons. The number of carbonyl (C=O) groups excluding carboxylic acids is 1. The monoisotopic (exact) mass is 352 g/mol. The van der Waals surface area contributed by atoms with Crippen LogP contribution >= 0.6 is 0 Å². The third kappa shape index (κ3) is 4.33. The number of nitrogens with zero attached hydrogens (tertiary/aromatic N) is 2. The van der Waals surface area contributed by atoms with E-state index >= 15 is 0 Å². The summed E-state index contributed by atoms with van der Waals surface area (Å²) in [5, 5.41) is 10.9. The Labute approximate surface area is 155 Å². The number of aromatic nitrogens is 2. The summed E-state index contributed by atoms with van der Waals surface area (Å²) in [6.07, 6.45) is 9.77. The fourth-order valence-corrected chi connectivity index (χ4v) is 3.90. The number of amides is 1. The molecule has 2 aromatic rings. The van der Waals surface area contributed by atoms with Crippen molar-refractivity contribution in [3.63, 3.8) is 0 Å². The molecule has 0 unspecified atom stereocenters. The number of carbonyl (C=O) groups is 1. The highest BCUT2D eigenvalue weighted by molar-refractivity contribution is 5.94. The molecule has 1 atom stereocenters. The number of piperidine rings is 1. The Kier molecular flexibility index (Phi) is 5.07. The van der Waals surface area contributed by atoms with Crippen LogP contribution in [0.3, 0.4) is 0 Å². The van der Waals surface area contributed by atoms with Crippen LogP contribution in [-0.2, 0) is 13.0 Å². The molecule has 0 bridgehead atoms. The van der Waals surface area contributed by atoms with E-state index in [1.165, 1.54) is 18.4 Å². The van der Waals surface area contributed by atoms with Crippen molar-refractivity contribution in [1.82, 2.24) is 20.4 Å². The lowest BCUT2D eigenvalue weighted by molar-refractivity contribution is 0.0942. The summed E-state index contributed by atoms with van der Waals surface area (Å²) in [6.45, 7) is 3.87. The molecule has 1 aromatic carbocycles. The lowest BCUT2D eigenvalue weighted by atomic mass is 9.92. The van der Waals surface area contributed by atoms with Gasteiger partial charge in [-0.25, -0.2) is 0 Å². The molecule has 1 saturated carbocycles. The van der Waals surface area contributed by atoms with E-state index in [0.717, 1.165) is 56.9 Å². The van der Waals surface area contributed by atoms with Gasteiger partial charge in [0.1, 0.15) is 0 Å². The summed E-state index contributed by atoms with van der Waals surface area (Å²) in [4.78, 5) is 12.5. The molecule has 138 valence electrons. The van der Waals surface area contributed by atoms with Gasteiger partial charge in [0.2, 0.25) is 0 Å². The quantitative estimate of drug-likeness (QED) is 0.805. The maximum atomic E-state index is 12.5. The first-order valence-electron chi connectivity index (χ1n) is 9.78. The summed E-state index contributed by atoms with van der Waals surface area (Å²) in [5.74, 6) is 0.753. The van der Waals surface area contributed by atoms with E-state index in [1.54, 1.807) is 6.20 Å². The number of hydrogen-bond acceptors (Lipinski definition) is 3. The molecule has 1 saturated heterocycles. The number of benzene rings is 1. The lowest BCUT2D eigenvalue weighted by Crippen LogP contribution is -2.32. The molecule has 1 aromatic heterocycles. The van der Waals surface area contributed by atoms with Gasteiger partial charge in [-0.2, -0.15) is 5.10 Å². The van der Waals surface area contributed by atoms with Crippen molar-refractivity contribution in [2.45, 2.75) is 38.6 Å². The first kappa shape index (κ1) is 17.3. The molecule has 1 aliphatic heterocycles. The van der Waals surface area contributed by atoms with Crippen LogP contribution < -0.4 is 10.6 Å². The van der Waals surface area contributed by atoms with Gasteiger partial charge in [-0.1, -0.05) is 12.1 Å². The van der Waals surface area contributed by atoms with E-state index in [2.05, 4.69) is 27.9 Å². The minimum absolute atomic E-state index is 0.0302. The smallest absolute Gasteiger partial charge is 0.251 e. The SMILES string of the molecule is O=C(NCC1(Cn2cccn2)CC1)c1ccc(C[C@@H]2CCCNC2)cc1. The predicted octanol–water partition coefficient (Wildman–Crippen LogP) is 2.64. The molecule has 5 nitrogen and oxygen atoms in total. The zero-order chi connectivity index (χ0) is 17.8. The molecule has 0 spiro atoms. The van der Waals surface area contributed by atoms with Gasteiger partial charge in [0.15, 0.2) is 0 Å². The van der Waals surface area contributed by atoms with Crippen LogP contribution in [0.15, 0.2) is 42.7 Å². The van der Waals surface area contributed by atoms with Gasteiger partial charge < -0.3 is 10.6 Å². The predicted molar refractivity (Wildman–Crippen MR) is 102 cm³/mol. The zero-order valence-corrected chi connectivity index (χ0v) is 15.3. The highest BCUT2D eigenvalue weighted by atomic mass is 16.1. The van der Waals surface area contributed by atoms with E-state index in [-0.39, 0.29) is 11.3 Å². The Morgan fingerprint density at radius 3 is 2.81 bits per heavy atom. The van der Waals surface area contributed by atoms with E-state index in [0.29, 0.717) is 0 Å². The Morgan fingerprint density at radius 1 is 1.31 bits per heavy atom. The minimum atomic E-state index is 0.0302. The van der Waals surface area contributed by atoms with Gasteiger partial charge in [0.05, 0.1) is 0 Å². The van der Waals surface area contributed by atoms with Crippen LogP contribution in [0.1, 0.15) is 41.6 Å². The standard InChI is InChI=1S/C21H28N4O/c26-20(23-15-21(8-9-21)16-25-12-2-11-24-25)19-6-4-17(5-7-19)13-18-3-1-10-22-14-18/h2,4-7,11-12,18,22H,1,3,8-10,13-16H2,(H,23,26)/t18-/m0/s1. The zero-order valence-electron chi connectivity index (χ0n) is 15.3. The lowest BCUT2D eigenvalue weighted by Gasteiger charge is -2.22. The van der Waals surface area contributed by atoms with Crippen molar-refractivity contribution in [2.24, 2.45) is 11.3 Å². The van der Waals surface area contributed by atoms with Crippen molar-refractivity contribution < 1.29 is 4.79 Å². The van der Waals surface area contributed by atoms with Gasteiger partial charge in [-0.05, 0) is 74.9 Å². The van der Waals surface area contributed by atoms with Crippen molar-refractivity contribution in [1.29, 1.82) is 0 Å². The fraction of sp³-hybridized carbons (Fsp3) is 0.524. The van der Waals surface area contributed by atoms with Gasteiger partial charge in [-0.15, -0.1) is 0 Å². The molecule has 4 rings (SSSR count). The molecule has 1 aliphatic carbocycles. The molecule has 2 fully saturated rings. The van der Waals surface area contributed by atoms with Crippen LogP contribution in [0.5, 0.6) is 0 Å². The van der Waals surface area contributed by atoms with Crippen LogP contribution in [0.4, 0.5) is 0 Å². The molecule has 2 aliphatic rings. The molecular formula is C21H28N4O. The van der Waals surface area contributed by atoms with E-state index in [9.17, 15) is 4.79 Å². The molecule has 2 heterocycles. The van der Waals surface area contributed by atoms with Gasteiger partial charge in [0.25, 0.3) is 5.91 Å². The van der Waals surface area contributed by atoms with Gasteiger partial charge >= 0.3 is 0 Å².